The first-order valence-electron chi connectivity index (χ1n) is 18.3. The monoisotopic (exact) mass is 691 g/mol. The zero-order valence-corrected chi connectivity index (χ0v) is 29.6. The minimum Gasteiger partial charge on any atom is -0.309 e. The molecule has 0 aliphatic rings. The fourth-order valence-corrected chi connectivity index (χ4v) is 8.39. The molecule has 11 aromatic rings. The van der Waals surface area contributed by atoms with Crippen LogP contribution in [0.1, 0.15) is 5.56 Å². The van der Waals surface area contributed by atoms with Crippen LogP contribution in [0, 0.1) is 6.92 Å². The summed E-state index contributed by atoms with van der Waals surface area (Å²) in [5.74, 6) is 0. The second kappa shape index (κ2) is 11.9. The van der Waals surface area contributed by atoms with E-state index in [0.717, 1.165) is 72.3 Å². The lowest BCUT2D eigenvalue weighted by Crippen LogP contribution is -2.11. The third-order valence-electron chi connectivity index (χ3n) is 10.8. The number of hydrogen-bond donors (Lipinski definition) is 0. The van der Waals surface area contributed by atoms with E-state index in [0.29, 0.717) is 0 Å². The predicted molar refractivity (Wildman–Crippen MR) is 225 cm³/mol. The molecule has 0 N–H and O–H groups in total. The number of fused-ring (bicyclic) bond motifs is 8. The Hall–Kier alpha value is -7.24. The summed E-state index contributed by atoms with van der Waals surface area (Å²) in [4.78, 5) is 12.2. The molecule has 5 nitrogen and oxygen atoms in total. The first kappa shape index (κ1) is 30.4. The third kappa shape index (κ3) is 4.58. The molecule has 0 aliphatic heterocycles. The van der Waals surface area contributed by atoms with Crippen LogP contribution in [0.25, 0.3) is 76.8 Å². The van der Waals surface area contributed by atoms with Crippen molar-refractivity contribution in [3.8, 4) is 11.4 Å². The number of pyridine rings is 2. The lowest BCUT2D eigenvalue weighted by Gasteiger charge is -2.27. The van der Waals surface area contributed by atoms with E-state index < -0.39 is 0 Å². The van der Waals surface area contributed by atoms with Crippen molar-refractivity contribution < 1.29 is 0 Å². The van der Waals surface area contributed by atoms with E-state index in [1.807, 2.05) is 24.5 Å². The normalized spacial score (nSPS) is 11.8. The third-order valence-corrected chi connectivity index (χ3v) is 10.8. The van der Waals surface area contributed by atoms with Crippen molar-refractivity contribution in [2.75, 3.05) is 4.90 Å². The van der Waals surface area contributed by atoms with Gasteiger partial charge < -0.3 is 14.0 Å². The topological polar surface area (TPSA) is 38.9 Å². The van der Waals surface area contributed by atoms with E-state index in [2.05, 4.69) is 179 Å². The Kier molecular flexibility index (Phi) is 6.70. The summed E-state index contributed by atoms with van der Waals surface area (Å²) >= 11 is 0. The van der Waals surface area contributed by atoms with Gasteiger partial charge in [0.2, 0.25) is 0 Å². The van der Waals surface area contributed by atoms with Crippen molar-refractivity contribution in [3.05, 3.63) is 188 Å². The highest BCUT2D eigenvalue weighted by molar-refractivity contribution is 6.20. The molecular weight excluding hydrogens is 659 g/mol. The van der Waals surface area contributed by atoms with E-state index in [9.17, 15) is 0 Å². The number of para-hydroxylation sites is 4. The SMILES string of the molecule is Cc1ccc(N(c2cccc3c2c2ccccc2n3-c2cnc3ccccc3c2)c2cccc3c2c2ccccc2n3-c2cnc3ccccc3c2)cc1. The smallest absolute Gasteiger partial charge is 0.0703 e. The maximum absolute atomic E-state index is 4.88. The number of nitrogens with zero attached hydrogens (tertiary/aromatic N) is 5. The number of benzene rings is 7. The van der Waals surface area contributed by atoms with Crippen molar-refractivity contribution in [1.29, 1.82) is 0 Å². The summed E-state index contributed by atoms with van der Waals surface area (Å²) < 4.78 is 4.72. The molecule has 0 fully saturated rings. The van der Waals surface area contributed by atoms with Crippen molar-refractivity contribution >= 4 is 82.5 Å². The van der Waals surface area contributed by atoms with E-state index in [4.69, 9.17) is 9.97 Å². The lowest BCUT2D eigenvalue weighted by atomic mass is 10.0. The first-order valence-corrected chi connectivity index (χ1v) is 18.3. The summed E-state index contributed by atoms with van der Waals surface area (Å²) in [5, 5.41) is 6.96. The summed E-state index contributed by atoms with van der Waals surface area (Å²) in [7, 11) is 0. The van der Waals surface area contributed by atoms with Gasteiger partial charge in [-0.1, -0.05) is 103 Å². The molecule has 0 spiro atoms. The molecule has 5 heteroatoms. The molecule has 0 amide bonds. The van der Waals surface area contributed by atoms with E-state index in [1.165, 1.54) is 27.1 Å². The number of aromatic nitrogens is 4. The molecule has 0 radical (unpaired) electrons. The predicted octanol–water partition coefficient (Wildman–Crippen LogP) is 12.8. The van der Waals surface area contributed by atoms with Crippen LogP contribution >= 0.6 is 0 Å². The van der Waals surface area contributed by atoms with Crippen LogP contribution in [0.4, 0.5) is 17.1 Å². The largest absolute Gasteiger partial charge is 0.309 e. The van der Waals surface area contributed by atoms with Crippen molar-refractivity contribution in [1.82, 2.24) is 19.1 Å². The van der Waals surface area contributed by atoms with Gasteiger partial charge in [0.05, 0.1) is 68.2 Å². The van der Waals surface area contributed by atoms with Crippen molar-refractivity contribution in [2.45, 2.75) is 6.92 Å². The van der Waals surface area contributed by atoms with Gasteiger partial charge in [-0.15, -0.1) is 0 Å². The average molecular weight is 692 g/mol. The Morgan fingerprint density at radius 1 is 0.426 bits per heavy atom. The highest BCUT2D eigenvalue weighted by atomic mass is 15.2. The number of aryl methyl sites for hydroxylation is 1. The van der Waals surface area contributed by atoms with Crippen LogP contribution < -0.4 is 4.90 Å². The number of rotatable bonds is 5. The molecule has 0 unspecified atom stereocenters. The molecule has 0 saturated heterocycles. The summed E-state index contributed by atoms with van der Waals surface area (Å²) in [6, 6.07) is 60.9. The zero-order valence-electron chi connectivity index (χ0n) is 29.6. The second-order valence-corrected chi connectivity index (χ2v) is 14.0. The number of hydrogen-bond acceptors (Lipinski definition) is 3. The van der Waals surface area contributed by atoms with Crippen LogP contribution in [0.3, 0.4) is 0 Å². The molecule has 7 aromatic carbocycles. The van der Waals surface area contributed by atoms with Crippen molar-refractivity contribution in [2.24, 2.45) is 0 Å². The van der Waals surface area contributed by atoms with Gasteiger partial charge in [0.1, 0.15) is 0 Å². The Morgan fingerprint density at radius 2 is 0.870 bits per heavy atom. The molecule has 0 bridgehead atoms. The Balaban J connectivity index is 1.22. The van der Waals surface area contributed by atoms with Crippen LogP contribution in [0.5, 0.6) is 0 Å². The molecule has 11 rings (SSSR count). The van der Waals surface area contributed by atoms with Gasteiger partial charge in [-0.05, 0) is 79.7 Å². The Labute approximate surface area is 311 Å². The van der Waals surface area contributed by atoms with Gasteiger partial charge >= 0.3 is 0 Å². The minimum absolute atomic E-state index is 0.986. The van der Waals surface area contributed by atoms with Gasteiger partial charge in [0.15, 0.2) is 0 Å². The maximum atomic E-state index is 4.88. The maximum Gasteiger partial charge on any atom is 0.0703 e. The fraction of sp³-hybridized carbons (Fsp3) is 0.0204. The molecule has 4 aromatic heterocycles. The fourth-order valence-electron chi connectivity index (χ4n) is 8.39. The van der Waals surface area contributed by atoms with E-state index in [-0.39, 0.29) is 0 Å². The zero-order chi connectivity index (χ0) is 35.8. The Morgan fingerprint density at radius 3 is 1.39 bits per heavy atom. The second-order valence-electron chi connectivity index (χ2n) is 14.0. The van der Waals surface area contributed by atoms with Gasteiger partial charge in [0.25, 0.3) is 0 Å². The summed E-state index contributed by atoms with van der Waals surface area (Å²) in [5.41, 5.74) is 13.1. The minimum atomic E-state index is 0.986. The van der Waals surface area contributed by atoms with E-state index in [1.54, 1.807) is 0 Å². The summed E-state index contributed by atoms with van der Waals surface area (Å²) in [6.07, 6.45) is 3.99. The molecule has 0 atom stereocenters. The van der Waals surface area contributed by atoms with Crippen molar-refractivity contribution in [3.63, 3.8) is 0 Å². The lowest BCUT2D eigenvalue weighted by molar-refractivity contribution is 1.16. The molecule has 54 heavy (non-hydrogen) atoms. The molecule has 0 saturated carbocycles. The van der Waals surface area contributed by atoms with Gasteiger partial charge in [0, 0.05) is 38.0 Å². The molecule has 254 valence electrons. The summed E-state index contributed by atoms with van der Waals surface area (Å²) in [6.45, 7) is 2.14. The van der Waals surface area contributed by atoms with Gasteiger partial charge in [-0.25, -0.2) is 0 Å². The van der Waals surface area contributed by atoms with Crippen LogP contribution in [0.2, 0.25) is 0 Å². The van der Waals surface area contributed by atoms with E-state index >= 15 is 0 Å². The van der Waals surface area contributed by atoms with Gasteiger partial charge in [-0.2, -0.15) is 0 Å². The highest BCUT2D eigenvalue weighted by Crippen LogP contribution is 2.47. The van der Waals surface area contributed by atoms with Gasteiger partial charge in [-0.3, -0.25) is 9.97 Å². The highest BCUT2D eigenvalue weighted by Gasteiger charge is 2.25. The standard InChI is InChI=1S/C49H33N5/c1-32-24-26-35(27-25-32)52(44-20-10-22-46-48(44)38-14-4-8-18-42(38)53(46)36-28-33-12-2-6-16-40(33)50-30-36)45-21-11-23-47-49(45)39-15-5-9-19-43(39)54(47)37-29-34-13-3-7-17-41(34)51-31-37/h2-31H,1H3. The molecular formula is C49H33N5. The molecule has 0 aliphatic carbocycles. The Bertz CT molecular complexity index is 3050. The average Bonchev–Trinajstić information content (AvgIpc) is 3.75. The molecule has 4 heterocycles. The number of anilines is 3. The van der Waals surface area contributed by atoms with Crippen LogP contribution in [-0.2, 0) is 0 Å². The quantitative estimate of drug-likeness (QED) is 0.180. The first-order chi connectivity index (χ1) is 26.7. The van der Waals surface area contributed by atoms with Crippen LogP contribution in [0.15, 0.2) is 182 Å². The van der Waals surface area contributed by atoms with Crippen LogP contribution in [-0.4, -0.2) is 19.1 Å².